The van der Waals surface area contributed by atoms with Crippen molar-refractivity contribution in [3.8, 4) is 6.07 Å². The summed E-state index contributed by atoms with van der Waals surface area (Å²) in [7, 11) is 0. The molecule has 1 heterocycles. The summed E-state index contributed by atoms with van der Waals surface area (Å²) in [5, 5.41) is 9.22. The van der Waals surface area contributed by atoms with Gasteiger partial charge in [0.1, 0.15) is 17.4 Å². The number of nitriles is 1. The molecule has 0 aliphatic rings. The van der Waals surface area contributed by atoms with E-state index in [2.05, 4.69) is 28.8 Å². The van der Waals surface area contributed by atoms with Gasteiger partial charge in [0.05, 0.1) is 11.1 Å². The second-order valence-electron chi connectivity index (χ2n) is 4.75. The van der Waals surface area contributed by atoms with E-state index in [1.54, 1.807) is 0 Å². The van der Waals surface area contributed by atoms with E-state index < -0.39 is 0 Å². The maximum atomic E-state index is 9.22. The molecule has 1 aromatic carbocycles. The molecule has 3 nitrogen and oxygen atoms in total. The van der Waals surface area contributed by atoms with Crippen molar-refractivity contribution >= 4 is 34.4 Å². The highest BCUT2D eigenvalue weighted by atomic mass is 35.5. The van der Waals surface area contributed by atoms with Crippen LogP contribution >= 0.6 is 23.4 Å². The lowest BCUT2D eigenvalue weighted by atomic mass is 10.2. The minimum atomic E-state index is 0.361. The summed E-state index contributed by atoms with van der Waals surface area (Å²) in [5.74, 6) is 2.63. The normalized spacial score (nSPS) is 12.5. The van der Waals surface area contributed by atoms with Crippen LogP contribution in [0.15, 0.2) is 18.2 Å². The van der Waals surface area contributed by atoms with Gasteiger partial charge in [-0.25, -0.2) is 4.98 Å². The zero-order valence-electron chi connectivity index (χ0n) is 11.8. The monoisotopic (exact) mass is 307 g/mol. The molecule has 0 amide bonds. The van der Waals surface area contributed by atoms with Crippen LogP contribution in [0.3, 0.4) is 0 Å². The average Bonchev–Trinajstić information content (AvgIpc) is 2.83. The Morgan fingerprint density at radius 2 is 2.30 bits per heavy atom. The first-order valence-corrected chi connectivity index (χ1v) is 8.60. The van der Waals surface area contributed by atoms with Crippen molar-refractivity contribution in [3.63, 3.8) is 0 Å². The molecule has 0 spiro atoms. The molecule has 2 aromatic rings. The lowest BCUT2D eigenvalue weighted by Gasteiger charge is -2.17. The standard InChI is InChI=1S/C15H18ClN3S/c1-11(7-9-20-2)19-13-5-3-4-12(10-17)15(13)18-14(19)6-8-16/h3-5,11H,6-9H2,1-2H3. The van der Waals surface area contributed by atoms with Gasteiger partial charge in [0.25, 0.3) is 0 Å². The summed E-state index contributed by atoms with van der Waals surface area (Å²) in [5.41, 5.74) is 2.47. The Morgan fingerprint density at radius 1 is 1.50 bits per heavy atom. The van der Waals surface area contributed by atoms with Crippen molar-refractivity contribution in [2.75, 3.05) is 17.9 Å². The predicted molar refractivity (Wildman–Crippen MR) is 86.6 cm³/mol. The van der Waals surface area contributed by atoms with Gasteiger partial charge in [-0.05, 0) is 37.5 Å². The molecule has 5 heteroatoms. The van der Waals surface area contributed by atoms with E-state index in [0.29, 0.717) is 17.5 Å². The number of hydrogen-bond acceptors (Lipinski definition) is 3. The van der Waals surface area contributed by atoms with E-state index in [-0.39, 0.29) is 0 Å². The highest BCUT2D eigenvalue weighted by molar-refractivity contribution is 7.98. The number of aryl methyl sites for hydroxylation is 1. The van der Waals surface area contributed by atoms with Crippen molar-refractivity contribution in [1.82, 2.24) is 9.55 Å². The molecule has 0 aliphatic carbocycles. The number of thioether (sulfide) groups is 1. The second-order valence-corrected chi connectivity index (χ2v) is 6.12. The topological polar surface area (TPSA) is 41.6 Å². The van der Waals surface area contributed by atoms with E-state index in [1.807, 2.05) is 30.0 Å². The van der Waals surface area contributed by atoms with Crippen LogP contribution in [0.25, 0.3) is 11.0 Å². The lowest BCUT2D eigenvalue weighted by molar-refractivity contribution is 0.528. The van der Waals surface area contributed by atoms with Gasteiger partial charge < -0.3 is 4.57 Å². The summed E-state index contributed by atoms with van der Waals surface area (Å²) < 4.78 is 2.24. The van der Waals surface area contributed by atoms with Crippen molar-refractivity contribution in [3.05, 3.63) is 29.6 Å². The number of aromatic nitrogens is 2. The van der Waals surface area contributed by atoms with E-state index in [9.17, 15) is 5.26 Å². The summed E-state index contributed by atoms with van der Waals surface area (Å²) >= 11 is 7.74. The van der Waals surface area contributed by atoms with Crippen LogP contribution in [0.2, 0.25) is 0 Å². The molecule has 0 aliphatic heterocycles. The fraction of sp³-hybridized carbons (Fsp3) is 0.467. The van der Waals surface area contributed by atoms with Gasteiger partial charge in [0, 0.05) is 18.3 Å². The van der Waals surface area contributed by atoms with Gasteiger partial charge in [-0.15, -0.1) is 11.6 Å². The fourth-order valence-electron chi connectivity index (χ4n) is 2.43. The third-order valence-electron chi connectivity index (χ3n) is 3.41. The Balaban J connectivity index is 2.54. The molecular weight excluding hydrogens is 290 g/mol. The maximum Gasteiger partial charge on any atom is 0.111 e. The Hall–Kier alpha value is -1.18. The summed E-state index contributed by atoms with van der Waals surface area (Å²) in [6, 6.07) is 8.36. The van der Waals surface area contributed by atoms with Crippen LogP contribution in [0.4, 0.5) is 0 Å². The first-order valence-electron chi connectivity index (χ1n) is 6.67. The molecule has 0 fully saturated rings. The largest absolute Gasteiger partial charge is 0.325 e. The maximum absolute atomic E-state index is 9.22. The lowest BCUT2D eigenvalue weighted by Crippen LogP contribution is -2.10. The molecule has 2 rings (SSSR count). The molecule has 1 aromatic heterocycles. The van der Waals surface area contributed by atoms with Crippen LogP contribution in [-0.2, 0) is 6.42 Å². The Morgan fingerprint density at radius 3 is 2.95 bits per heavy atom. The van der Waals surface area contributed by atoms with Gasteiger partial charge in [0.15, 0.2) is 0 Å². The van der Waals surface area contributed by atoms with Crippen LogP contribution in [0.1, 0.15) is 30.8 Å². The fourth-order valence-corrected chi connectivity index (χ4v) is 3.17. The number of para-hydroxylation sites is 1. The molecular formula is C15H18ClN3S. The molecule has 0 bridgehead atoms. The van der Waals surface area contributed by atoms with Gasteiger partial charge in [-0.3, -0.25) is 0 Å². The van der Waals surface area contributed by atoms with Gasteiger partial charge >= 0.3 is 0 Å². The predicted octanol–water partition coefficient (Wildman–Crippen LogP) is 4.00. The number of fused-ring (bicyclic) bond motifs is 1. The van der Waals surface area contributed by atoms with Crippen LogP contribution in [0, 0.1) is 11.3 Å². The van der Waals surface area contributed by atoms with E-state index in [0.717, 1.165) is 35.5 Å². The van der Waals surface area contributed by atoms with Crippen molar-refractivity contribution < 1.29 is 0 Å². The molecule has 20 heavy (non-hydrogen) atoms. The van der Waals surface area contributed by atoms with Crippen LogP contribution in [0.5, 0.6) is 0 Å². The Bertz CT molecular complexity index is 630. The van der Waals surface area contributed by atoms with Crippen LogP contribution in [-0.4, -0.2) is 27.4 Å². The number of nitrogens with zero attached hydrogens (tertiary/aromatic N) is 3. The second kappa shape index (κ2) is 7.01. The Labute approximate surface area is 128 Å². The minimum Gasteiger partial charge on any atom is -0.325 e. The third-order valence-corrected chi connectivity index (χ3v) is 4.25. The third kappa shape index (κ3) is 2.94. The molecule has 0 saturated heterocycles. The molecule has 106 valence electrons. The van der Waals surface area contributed by atoms with Crippen molar-refractivity contribution in [2.24, 2.45) is 0 Å². The summed E-state index contributed by atoms with van der Waals surface area (Å²) in [6.45, 7) is 2.20. The molecule has 1 unspecified atom stereocenters. The average molecular weight is 308 g/mol. The number of hydrogen-bond donors (Lipinski definition) is 0. The minimum absolute atomic E-state index is 0.361. The van der Waals surface area contributed by atoms with Crippen molar-refractivity contribution in [2.45, 2.75) is 25.8 Å². The SMILES string of the molecule is CSCCC(C)n1c(CCCl)nc2c(C#N)cccc21. The molecule has 1 atom stereocenters. The number of rotatable bonds is 6. The van der Waals surface area contributed by atoms with Gasteiger partial charge in [-0.1, -0.05) is 6.07 Å². The van der Waals surface area contributed by atoms with E-state index >= 15 is 0 Å². The van der Waals surface area contributed by atoms with Crippen LogP contribution < -0.4 is 0 Å². The van der Waals surface area contributed by atoms with Crippen molar-refractivity contribution in [1.29, 1.82) is 5.26 Å². The smallest absolute Gasteiger partial charge is 0.111 e. The number of imidazole rings is 1. The highest BCUT2D eigenvalue weighted by Crippen LogP contribution is 2.26. The first kappa shape index (κ1) is 15.2. The number of alkyl halides is 1. The molecule has 0 radical (unpaired) electrons. The number of halogens is 1. The Kier molecular flexibility index (Phi) is 5.33. The van der Waals surface area contributed by atoms with E-state index in [4.69, 9.17) is 11.6 Å². The zero-order chi connectivity index (χ0) is 14.5. The quantitative estimate of drug-likeness (QED) is 0.757. The summed E-state index contributed by atoms with van der Waals surface area (Å²) in [4.78, 5) is 4.65. The number of benzene rings is 1. The van der Waals surface area contributed by atoms with E-state index in [1.165, 1.54) is 0 Å². The first-order chi connectivity index (χ1) is 9.72. The van der Waals surface area contributed by atoms with Gasteiger partial charge in [0.2, 0.25) is 0 Å². The highest BCUT2D eigenvalue weighted by Gasteiger charge is 2.17. The summed E-state index contributed by atoms with van der Waals surface area (Å²) in [6.07, 6.45) is 3.93. The molecule has 0 saturated carbocycles. The molecule has 0 N–H and O–H groups in total. The van der Waals surface area contributed by atoms with Gasteiger partial charge in [-0.2, -0.15) is 17.0 Å². The zero-order valence-corrected chi connectivity index (χ0v) is 13.3.